The van der Waals surface area contributed by atoms with Gasteiger partial charge in [-0.2, -0.15) is 0 Å². The van der Waals surface area contributed by atoms with Gasteiger partial charge in [0.1, 0.15) is 6.29 Å². The number of carbonyl (C=O) groups is 1. The summed E-state index contributed by atoms with van der Waals surface area (Å²) in [5.41, 5.74) is 0.944. The van der Waals surface area contributed by atoms with Gasteiger partial charge in [0.25, 0.3) is 0 Å². The Balaban J connectivity index is 0.000000811. The zero-order chi connectivity index (χ0) is 12.0. The molecule has 91 valence electrons. The van der Waals surface area contributed by atoms with Gasteiger partial charge in [-0.3, -0.25) is 0 Å². The van der Waals surface area contributed by atoms with E-state index in [-0.39, 0.29) is 44.6 Å². The molecule has 17 heavy (non-hydrogen) atoms. The Morgan fingerprint density at radius 1 is 1.35 bits per heavy atom. The fraction of sp³-hybridized carbons (Fsp3) is 0.417. The second-order valence-corrected chi connectivity index (χ2v) is 2.91. The van der Waals surface area contributed by atoms with Crippen molar-refractivity contribution in [3.8, 4) is 0 Å². The zero-order valence-electron chi connectivity index (χ0n) is 9.97. The fourth-order valence-corrected chi connectivity index (χ4v) is 1.27. The summed E-state index contributed by atoms with van der Waals surface area (Å²) in [5.74, 6) is -0.982. The first-order valence-electron chi connectivity index (χ1n) is 5.25. The number of benzene rings is 1. The molecule has 1 heterocycles. The molecule has 0 saturated carbocycles. The average Bonchev–Trinajstić information content (AvgIpc) is 2.85. The molecular weight excluding hydrogens is 297 g/mol. The second-order valence-electron chi connectivity index (χ2n) is 2.91. The zero-order valence-corrected chi connectivity index (χ0v) is 12.8. The van der Waals surface area contributed by atoms with Crippen LogP contribution in [0.15, 0.2) is 18.2 Å². The van der Waals surface area contributed by atoms with Crippen molar-refractivity contribution in [2.24, 2.45) is 0 Å². The SMILES string of the molecule is CC.O=C(O)c1[c-]cc(C2OCCO2)cc1.[Y]. The van der Waals surface area contributed by atoms with Crippen molar-refractivity contribution in [2.75, 3.05) is 13.2 Å². The van der Waals surface area contributed by atoms with Gasteiger partial charge >= 0.3 is 0 Å². The van der Waals surface area contributed by atoms with Crippen LogP contribution in [0, 0.1) is 6.07 Å². The van der Waals surface area contributed by atoms with Crippen LogP contribution in [0.4, 0.5) is 0 Å². The van der Waals surface area contributed by atoms with E-state index >= 15 is 0 Å². The summed E-state index contributed by atoms with van der Waals surface area (Å²) in [4.78, 5) is 10.5. The monoisotopic (exact) mass is 312 g/mol. The van der Waals surface area contributed by atoms with E-state index in [1.807, 2.05) is 13.8 Å². The van der Waals surface area contributed by atoms with Gasteiger partial charge in [0, 0.05) is 32.7 Å². The molecule has 4 nitrogen and oxygen atoms in total. The van der Waals surface area contributed by atoms with Gasteiger partial charge in [0.2, 0.25) is 5.97 Å². The molecule has 1 N–H and O–H groups in total. The maximum atomic E-state index is 10.5. The summed E-state index contributed by atoms with van der Waals surface area (Å²) in [7, 11) is 0. The molecule has 0 spiro atoms. The minimum absolute atomic E-state index is 0. The van der Waals surface area contributed by atoms with Gasteiger partial charge in [-0.1, -0.05) is 25.0 Å². The van der Waals surface area contributed by atoms with Gasteiger partial charge < -0.3 is 19.4 Å². The summed E-state index contributed by atoms with van der Waals surface area (Å²) >= 11 is 0. The van der Waals surface area contributed by atoms with Crippen LogP contribution >= 0.6 is 0 Å². The quantitative estimate of drug-likeness (QED) is 0.851. The summed E-state index contributed by atoms with van der Waals surface area (Å²) in [6.07, 6.45) is -0.367. The minimum Gasteiger partial charge on any atom is -0.521 e. The first-order chi connectivity index (χ1) is 7.77. The molecule has 5 heteroatoms. The van der Waals surface area contributed by atoms with E-state index in [2.05, 4.69) is 6.07 Å². The topological polar surface area (TPSA) is 55.8 Å². The van der Waals surface area contributed by atoms with Gasteiger partial charge in [0.05, 0.1) is 13.2 Å². The first kappa shape index (κ1) is 16.7. The van der Waals surface area contributed by atoms with Crippen molar-refractivity contribution in [3.05, 3.63) is 35.4 Å². The third-order valence-electron chi connectivity index (χ3n) is 1.96. The summed E-state index contributed by atoms with van der Waals surface area (Å²) in [5, 5.41) is 8.65. The van der Waals surface area contributed by atoms with E-state index in [9.17, 15) is 4.79 Å². The van der Waals surface area contributed by atoms with Gasteiger partial charge in [-0.15, -0.1) is 24.3 Å². The van der Waals surface area contributed by atoms with E-state index in [0.717, 1.165) is 5.56 Å². The minimum atomic E-state index is -0.982. The predicted molar refractivity (Wildman–Crippen MR) is 58.2 cm³/mol. The number of carboxylic acids is 1. The molecule has 0 atom stereocenters. The van der Waals surface area contributed by atoms with Crippen LogP contribution in [0.5, 0.6) is 0 Å². The van der Waals surface area contributed by atoms with E-state index < -0.39 is 5.97 Å². The normalized spacial score (nSPS) is 14.5. The Morgan fingerprint density at radius 3 is 2.35 bits per heavy atom. The second kappa shape index (κ2) is 8.75. The van der Waals surface area contributed by atoms with Gasteiger partial charge in [-0.25, -0.2) is 0 Å². The molecule has 1 fully saturated rings. The molecule has 1 radical (unpaired) electrons. The molecule has 1 aromatic carbocycles. The van der Waals surface area contributed by atoms with Crippen molar-refractivity contribution in [1.29, 1.82) is 0 Å². The summed E-state index contributed by atoms with van der Waals surface area (Å²) in [6, 6.07) is 7.40. The number of hydrogen-bond donors (Lipinski definition) is 1. The van der Waals surface area contributed by atoms with Gasteiger partial charge in [-0.05, 0) is 0 Å². The third-order valence-corrected chi connectivity index (χ3v) is 1.96. The van der Waals surface area contributed by atoms with E-state index in [1.54, 1.807) is 12.1 Å². The van der Waals surface area contributed by atoms with Crippen LogP contribution < -0.4 is 0 Å². The number of hydrogen-bond acceptors (Lipinski definition) is 3. The maximum Gasteiger partial charge on any atom is 0.247 e. The molecular formula is C12H15O4Y-. The van der Waals surface area contributed by atoms with E-state index in [0.29, 0.717) is 13.2 Å². The Bertz CT molecular complexity index is 331. The van der Waals surface area contributed by atoms with Crippen molar-refractivity contribution in [2.45, 2.75) is 20.1 Å². The third kappa shape index (κ3) is 4.84. The Kier molecular flexibility index (Phi) is 8.61. The first-order valence-corrected chi connectivity index (χ1v) is 5.25. The van der Waals surface area contributed by atoms with Crippen LogP contribution in [0.1, 0.15) is 36.1 Å². The van der Waals surface area contributed by atoms with Crippen LogP contribution in [0.2, 0.25) is 0 Å². The van der Waals surface area contributed by atoms with Crippen molar-refractivity contribution in [3.63, 3.8) is 0 Å². The van der Waals surface area contributed by atoms with Crippen molar-refractivity contribution < 1.29 is 52.1 Å². The molecule has 1 saturated heterocycles. The molecule has 0 aliphatic carbocycles. The summed E-state index contributed by atoms with van der Waals surface area (Å²) in [6.45, 7) is 5.15. The van der Waals surface area contributed by atoms with Crippen LogP contribution in [-0.2, 0) is 42.2 Å². The molecule has 0 unspecified atom stereocenters. The molecule has 1 aromatic rings. The largest absolute Gasteiger partial charge is 0.521 e. The van der Waals surface area contributed by atoms with Crippen LogP contribution in [0.25, 0.3) is 0 Å². The maximum absolute atomic E-state index is 10.5. The van der Waals surface area contributed by atoms with Gasteiger partial charge in [0.15, 0.2) is 0 Å². The fourth-order valence-electron chi connectivity index (χ4n) is 1.27. The molecule has 0 aromatic heterocycles. The summed E-state index contributed by atoms with van der Waals surface area (Å²) < 4.78 is 10.5. The number of aromatic carboxylic acids is 1. The number of carboxylic acid groups (broad SMARTS) is 1. The molecule has 1 aliphatic rings. The number of rotatable bonds is 2. The Hall–Kier alpha value is -0.286. The van der Waals surface area contributed by atoms with Crippen LogP contribution in [0.3, 0.4) is 0 Å². The Morgan fingerprint density at radius 2 is 1.94 bits per heavy atom. The Labute approximate surface area is 126 Å². The van der Waals surface area contributed by atoms with E-state index in [4.69, 9.17) is 14.6 Å². The van der Waals surface area contributed by atoms with E-state index in [1.165, 1.54) is 6.07 Å². The average molecular weight is 312 g/mol. The molecule has 2 rings (SSSR count). The molecule has 0 bridgehead atoms. The molecule has 1 aliphatic heterocycles. The predicted octanol–water partition coefficient (Wildman–Crippen LogP) is 2.25. The van der Waals surface area contributed by atoms with Crippen LogP contribution in [-0.4, -0.2) is 24.3 Å². The smallest absolute Gasteiger partial charge is 0.247 e. The number of ether oxygens (including phenoxy) is 2. The molecule has 0 amide bonds. The standard InChI is InChI=1S/C10H9O4.C2H6.Y/c11-9(12)7-1-3-8(4-2-7)10-13-5-6-14-10;1-2;/h1,3-4,10H,5-6H2,(H,11,12);1-2H3;/q-1;;. The van der Waals surface area contributed by atoms with Crippen molar-refractivity contribution in [1.82, 2.24) is 0 Å². The van der Waals surface area contributed by atoms with Crippen molar-refractivity contribution >= 4 is 5.97 Å².